The SMILES string of the molecule is COC(=O)c1ccccc1N1CCNC(CC(C)C)C1. The lowest BCUT2D eigenvalue weighted by molar-refractivity contribution is 0.0601. The van der Waals surface area contributed by atoms with Gasteiger partial charge in [-0.3, -0.25) is 0 Å². The molecule has 4 nitrogen and oxygen atoms in total. The highest BCUT2D eigenvalue weighted by atomic mass is 16.5. The first-order valence-electron chi connectivity index (χ1n) is 7.27. The molecule has 0 saturated carbocycles. The number of esters is 1. The zero-order chi connectivity index (χ0) is 14.5. The van der Waals surface area contributed by atoms with E-state index >= 15 is 0 Å². The molecule has 1 atom stereocenters. The second-order valence-electron chi connectivity index (χ2n) is 5.74. The predicted octanol–water partition coefficient (Wildman–Crippen LogP) is 2.30. The highest BCUT2D eigenvalue weighted by Gasteiger charge is 2.23. The van der Waals surface area contributed by atoms with E-state index in [1.54, 1.807) is 0 Å². The van der Waals surface area contributed by atoms with Gasteiger partial charge in [-0.05, 0) is 24.5 Å². The molecule has 1 unspecified atom stereocenters. The van der Waals surface area contributed by atoms with Crippen molar-refractivity contribution in [2.24, 2.45) is 5.92 Å². The largest absolute Gasteiger partial charge is 0.465 e. The second-order valence-corrected chi connectivity index (χ2v) is 5.74. The first-order valence-corrected chi connectivity index (χ1v) is 7.27. The van der Waals surface area contributed by atoms with Crippen molar-refractivity contribution in [2.75, 3.05) is 31.6 Å². The van der Waals surface area contributed by atoms with Crippen LogP contribution in [0.25, 0.3) is 0 Å². The van der Waals surface area contributed by atoms with Crippen molar-refractivity contribution in [2.45, 2.75) is 26.3 Å². The van der Waals surface area contributed by atoms with Crippen molar-refractivity contribution in [3.05, 3.63) is 29.8 Å². The van der Waals surface area contributed by atoms with Crippen LogP contribution in [0.2, 0.25) is 0 Å². The zero-order valence-corrected chi connectivity index (χ0v) is 12.6. The summed E-state index contributed by atoms with van der Waals surface area (Å²) in [5, 5.41) is 3.55. The molecular formula is C16H24N2O2. The number of ether oxygens (including phenoxy) is 1. The maximum Gasteiger partial charge on any atom is 0.339 e. The minimum Gasteiger partial charge on any atom is -0.465 e. The average molecular weight is 276 g/mol. The predicted molar refractivity (Wildman–Crippen MR) is 81.2 cm³/mol. The summed E-state index contributed by atoms with van der Waals surface area (Å²) in [7, 11) is 1.43. The molecule has 20 heavy (non-hydrogen) atoms. The number of rotatable bonds is 4. The van der Waals surface area contributed by atoms with E-state index in [0.717, 1.165) is 31.7 Å². The molecule has 0 bridgehead atoms. The molecule has 0 aromatic heterocycles. The van der Waals surface area contributed by atoms with Crippen LogP contribution in [-0.2, 0) is 4.74 Å². The van der Waals surface area contributed by atoms with E-state index in [1.165, 1.54) is 7.11 Å². The maximum absolute atomic E-state index is 11.9. The Hall–Kier alpha value is -1.55. The molecule has 1 aliphatic rings. The van der Waals surface area contributed by atoms with Gasteiger partial charge in [0.2, 0.25) is 0 Å². The molecule has 0 spiro atoms. The van der Waals surface area contributed by atoms with E-state index in [-0.39, 0.29) is 5.97 Å². The van der Waals surface area contributed by atoms with Crippen LogP contribution < -0.4 is 10.2 Å². The van der Waals surface area contributed by atoms with Gasteiger partial charge in [0.15, 0.2) is 0 Å². The van der Waals surface area contributed by atoms with Gasteiger partial charge in [0.25, 0.3) is 0 Å². The lowest BCUT2D eigenvalue weighted by Crippen LogP contribution is -2.51. The van der Waals surface area contributed by atoms with Crippen molar-refractivity contribution in [3.63, 3.8) is 0 Å². The van der Waals surface area contributed by atoms with E-state index in [1.807, 2.05) is 24.3 Å². The molecule has 1 heterocycles. The number of anilines is 1. The van der Waals surface area contributed by atoms with Crippen LogP contribution in [-0.4, -0.2) is 38.8 Å². The molecule has 1 fully saturated rings. The van der Waals surface area contributed by atoms with E-state index in [9.17, 15) is 4.79 Å². The summed E-state index contributed by atoms with van der Waals surface area (Å²) in [6, 6.07) is 8.17. The molecule has 110 valence electrons. The van der Waals surface area contributed by atoms with Crippen LogP contribution in [0, 0.1) is 5.92 Å². The molecular weight excluding hydrogens is 252 g/mol. The number of carbonyl (C=O) groups is 1. The summed E-state index contributed by atoms with van der Waals surface area (Å²) >= 11 is 0. The van der Waals surface area contributed by atoms with Gasteiger partial charge in [0.05, 0.1) is 18.4 Å². The molecule has 1 aliphatic heterocycles. The van der Waals surface area contributed by atoms with Crippen molar-refractivity contribution in [1.82, 2.24) is 5.32 Å². The van der Waals surface area contributed by atoms with Crippen molar-refractivity contribution < 1.29 is 9.53 Å². The number of nitrogens with zero attached hydrogens (tertiary/aromatic N) is 1. The van der Waals surface area contributed by atoms with Crippen molar-refractivity contribution >= 4 is 11.7 Å². The summed E-state index contributed by atoms with van der Waals surface area (Å²) in [6.45, 7) is 7.29. The van der Waals surface area contributed by atoms with Gasteiger partial charge >= 0.3 is 5.97 Å². The Kier molecular flexibility index (Phi) is 5.01. The molecule has 2 rings (SSSR count). The Morgan fingerprint density at radius 1 is 1.45 bits per heavy atom. The van der Waals surface area contributed by atoms with E-state index in [4.69, 9.17) is 4.74 Å². The maximum atomic E-state index is 11.9. The number of hydrogen-bond donors (Lipinski definition) is 1. The van der Waals surface area contributed by atoms with Crippen LogP contribution in [0.4, 0.5) is 5.69 Å². The Balaban J connectivity index is 2.16. The first kappa shape index (κ1) is 14.9. The van der Waals surface area contributed by atoms with E-state index in [2.05, 4.69) is 24.1 Å². The number of benzene rings is 1. The summed E-state index contributed by atoms with van der Waals surface area (Å²) in [5.41, 5.74) is 1.63. The van der Waals surface area contributed by atoms with Crippen LogP contribution >= 0.6 is 0 Å². The lowest BCUT2D eigenvalue weighted by atomic mass is 10.0. The van der Waals surface area contributed by atoms with Gasteiger partial charge in [-0.25, -0.2) is 4.79 Å². The average Bonchev–Trinajstić information content (AvgIpc) is 2.46. The topological polar surface area (TPSA) is 41.6 Å². The van der Waals surface area contributed by atoms with Crippen LogP contribution in [0.5, 0.6) is 0 Å². The lowest BCUT2D eigenvalue weighted by Gasteiger charge is -2.36. The molecule has 1 aromatic rings. The Morgan fingerprint density at radius 3 is 2.90 bits per heavy atom. The third-order valence-corrected chi connectivity index (χ3v) is 3.66. The van der Waals surface area contributed by atoms with Crippen molar-refractivity contribution in [1.29, 1.82) is 0 Å². The van der Waals surface area contributed by atoms with Gasteiger partial charge < -0.3 is 15.0 Å². The van der Waals surface area contributed by atoms with Crippen molar-refractivity contribution in [3.8, 4) is 0 Å². The van der Waals surface area contributed by atoms with Gasteiger partial charge in [0, 0.05) is 25.7 Å². The first-order chi connectivity index (χ1) is 9.61. The number of hydrogen-bond acceptors (Lipinski definition) is 4. The van der Waals surface area contributed by atoms with Gasteiger partial charge in [-0.15, -0.1) is 0 Å². The summed E-state index contributed by atoms with van der Waals surface area (Å²) < 4.78 is 4.88. The minimum absolute atomic E-state index is 0.264. The van der Waals surface area contributed by atoms with Gasteiger partial charge in [-0.1, -0.05) is 26.0 Å². The zero-order valence-electron chi connectivity index (χ0n) is 12.6. The molecule has 1 N–H and O–H groups in total. The number of para-hydroxylation sites is 1. The molecule has 0 amide bonds. The molecule has 0 aliphatic carbocycles. The van der Waals surface area contributed by atoms with E-state index < -0.39 is 0 Å². The highest BCUT2D eigenvalue weighted by molar-refractivity contribution is 5.95. The summed E-state index contributed by atoms with van der Waals surface area (Å²) in [5.74, 6) is 0.405. The van der Waals surface area contributed by atoms with Crippen LogP contribution in [0.1, 0.15) is 30.6 Å². The molecule has 0 radical (unpaired) electrons. The Labute approximate surface area is 121 Å². The normalized spacial score (nSPS) is 19.2. The number of carbonyl (C=O) groups excluding carboxylic acids is 1. The Morgan fingerprint density at radius 2 is 2.20 bits per heavy atom. The number of piperazine rings is 1. The van der Waals surface area contributed by atoms with Gasteiger partial charge in [0.1, 0.15) is 0 Å². The molecule has 4 heteroatoms. The van der Waals surface area contributed by atoms with Crippen LogP contribution in [0.3, 0.4) is 0 Å². The second kappa shape index (κ2) is 6.75. The fourth-order valence-electron chi connectivity index (χ4n) is 2.80. The fourth-order valence-corrected chi connectivity index (χ4v) is 2.80. The van der Waals surface area contributed by atoms with Gasteiger partial charge in [-0.2, -0.15) is 0 Å². The number of nitrogens with one attached hydrogen (secondary N) is 1. The highest BCUT2D eigenvalue weighted by Crippen LogP contribution is 2.23. The minimum atomic E-state index is -0.264. The van der Waals surface area contributed by atoms with Crippen LogP contribution in [0.15, 0.2) is 24.3 Å². The fraction of sp³-hybridized carbons (Fsp3) is 0.562. The number of methoxy groups -OCH3 is 1. The third-order valence-electron chi connectivity index (χ3n) is 3.66. The molecule has 1 aromatic carbocycles. The van der Waals surface area contributed by atoms with E-state index in [0.29, 0.717) is 17.5 Å². The standard InChI is InChI=1S/C16H24N2O2/c1-12(2)10-13-11-18(9-8-17-13)15-7-5-4-6-14(15)16(19)20-3/h4-7,12-13,17H,8-11H2,1-3H3. The quantitative estimate of drug-likeness (QED) is 0.857. The monoisotopic (exact) mass is 276 g/mol. The summed E-state index contributed by atoms with van der Waals surface area (Å²) in [4.78, 5) is 14.2. The molecule has 1 saturated heterocycles. The third kappa shape index (κ3) is 3.51. The Bertz CT molecular complexity index is 460. The summed E-state index contributed by atoms with van der Waals surface area (Å²) in [6.07, 6.45) is 1.15. The smallest absolute Gasteiger partial charge is 0.339 e.